The van der Waals surface area contributed by atoms with Gasteiger partial charge >= 0.3 is 5.97 Å². The van der Waals surface area contributed by atoms with Crippen LogP contribution in [0.2, 0.25) is 0 Å². The minimum Gasteiger partial charge on any atom is -0.481 e. The van der Waals surface area contributed by atoms with E-state index in [1.807, 2.05) is 30.3 Å². The van der Waals surface area contributed by atoms with E-state index in [1.54, 1.807) is 0 Å². The number of carboxylic acid groups (broad SMARTS) is 1. The zero-order chi connectivity index (χ0) is 13.5. The standard InChI is InChI=1S/C16H23NO2/c18-16(19)12-15(13-8-4-3-5-9-13)17-14-10-6-1-2-7-11-14/h3-5,8-9,14-15,17H,1-2,6-7,10-12H2,(H,18,19). The van der Waals surface area contributed by atoms with E-state index in [0.717, 1.165) is 5.56 Å². The summed E-state index contributed by atoms with van der Waals surface area (Å²) in [6, 6.07) is 10.3. The van der Waals surface area contributed by atoms with E-state index in [4.69, 9.17) is 5.11 Å². The summed E-state index contributed by atoms with van der Waals surface area (Å²) in [5.74, 6) is -0.741. The normalized spacial score (nSPS) is 18.7. The lowest BCUT2D eigenvalue weighted by atomic mass is 10.0. The molecule has 1 aromatic carbocycles. The molecule has 0 spiro atoms. The maximum Gasteiger partial charge on any atom is 0.305 e. The zero-order valence-electron chi connectivity index (χ0n) is 11.3. The molecule has 2 N–H and O–H groups in total. The third-order valence-electron chi connectivity index (χ3n) is 3.87. The molecule has 1 saturated carbocycles. The number of benzene rings is 1. The van der Waals surface area contributed by atoms with Crippen LogP contribution < -0.4 is 5.32 Å². The van der Waals surface area contributed by atoms with Gasteiger partial charge in [-0.3, -0.25) is 4.79 Å². The summed E-state index contributed by atoms with van der Waals surface area (Å²) in [6.07, 6.45) is 7.63. The van der Waals surface area contributed by atoms with Crippen LogP contribution in [0.1, 0.15) is 56.6 Å². The molecular formula is C16H23NO2. The number of aliphatic carboxylic acids is 1. The predicted molar refractivity (Wildman–Crippen MR) is 76.1 cm³/mol. The van der Waals surface area contributed by atoms with Crippen LogP contribution in [0.3, 0.4) is 0 Å². The first-order valence-electron chi connectivity index (χ1n) is 7.28. The first-order chi connectivity index (χ1) is 9.25. The molecule has 1 unspecified atom stereocenters. The minimum absolute atomic E-state index is 0.0678. The van der Waals surface area contributed by atoms with Crippen LogP contribution in [0, 0.1) is 0 Å². The fraction of sp³-hybridized carbons (Fsp3) is 0.562. The van der Waals surface area contributed by atoms with Gasteiger partial charge < -0.3 is 10.4 Å². The molecule has 3 nitrogen and oxygen atoms in total. The molecule has 1 aromatic rings. The van der Waals surface area contributed by atoms with Gasteiger partial charge in [-0.1, -0.05) is 56.0 Å². The number of nitrogens with one attached hydrogen (secondary N) is 1. The monoisotopic (exact) mass is 261 g/mol. The molecule has 1 aliphatic carbocycles. The molecule has 0 aromatic heterocycles. The predicted octanol–water partition coefficient (Wildman–Crippen LogP) is 3.51. The molecular weight excluding hydrogens is 238 g/mol. The van der Waals surface area contributed by atoms with Crippen molar-refractivity contribution in [2.45, 2.75) is 57.0 Å². The summed E-state index contributed by atoms with van der Waals surface area (Å²) >= 11 is 0. The van der Waals surface area contributed by atoms with E-state index < -0.39 is 5.97 Å². The largest absolute Gasteiger partial charge is 0.481 e. The van der Waals surface area contributed by atoms with E-state index in [9.17, 15) is 4.79 Å². The molecule has 0 aliphatic heterocycles. The second-order valence-electron chi connectivity index (χ2n) is 5.42. The highest BCUT2D eigenvalue weighted by molar-refractivity contribution is 5.67. The van der Waals surface area contributed by atoms with Crippen molar-refractivity contribution in [3.8, 4) is 0 Å². The van der Waals surface area contributed by atoms with Gasteiger partial charge in [-0.25, -0.2) is 0 Å². The van der Waals surface area contributed by atoms with Crippen molar-refractivity contribution in [1.82, 2.24) is 5.32 Å². The van der Waals surface area contributed by atoms with Gasteiger partial charge in [-0.2, -0.15) is 0 Å². The maximum absolute atomic E-state index is 11.1. The van der Waals surface area contributed by atoms with Gasteiger partial charge in [0.2, 0.25) is 0 Å². The molecule has 19 heavy (non-hydrogen) atoms. The Balaban J connectivity index is 2.02. The van der Waals surface area contributed by atoms with Gasteiger partial charge in [0.1, 0.15) is 0 Å². The number of rotatable bonds is 5. The SMILES string of the molecule is O=C(O)CC(NC1CCCCCC1)c1ccccc1. The van der Waals surface area contributed by atoms with Crippen molar-refractivity contribution < 1.29 is 9.90 Å². The average Bonchev–Trinajstić information content (AvgIpc) is 2.67. The third-order valence-corrected chi connectivity index (χ3v) is 3.87. The van der Waals surface area contributed by atoms with E-state index in [1.165, 1.54) is 38.5 Å². The van der Waals surface area contributed by atoms with Gasteiger partial charge in [0.25, 0.3) is 0 Å². The molecule has 1 atom stereocenters. The van der Waals surface area contributed by atoms with Crippen LogP contribution in [0.15, 0.2) is 30.3 Å². The van der Waals surface area contributed by atoms with Crippen molar-refractivity contribution in [2.24, 2.45) is 0 Å². The van der Waals surface area contributed by atoms with Gasteiger partial charge in [0, 0.05) is 12.1 Å². The van der Waals surface area contributed by atoms with E-state index in [-0.39, 0.29) is 12.5 Å². The lowest BCUT2D eigenvalue weighted by Crippen LogP contribution is -2.33. The molecule has 1 fully saturated rings. The number of carboxylic acids is 1. The molecule has 104 valence electrons. The Morgan fingerprint density at radius 3 is 2.37 bits per heavy atom. The van der Waals surface area contributed by atoms with Crippen molar-refractivity contribution in [2.75, 3.05) is 0 Å². The molecule has 0 saturated heterocycles. The molecule has 0 radical (unpaired) electrons. The quantitative estimate of drug-likeness (QED) is 0.797. The second kappa shape index (κ2) is 7.29. The van der Waals surface area contributed by atoms with E-state index in [2.05, 4.69) is 5.32 Å². The lowest BCUT2D eigenvalue weighted by molar-refractivity contribution is -0.137. The van der Waals surface area contributed by atoms with Crippen LogP contribution in [-0.4, -0.2) is 17.1 Å². The van der Waals surface area contributed by atoms with Crippen LogP contribution in [0.5, 0.6) is 0 Å². The highest BCUT2D eigenvalue weighted by Gasteiger charge is 2.20. The van der Waals surface area contributed by atoms with Crippen molar-refractivity contribution >= 4 is 5.97 Å². The van der Waals surface area contributed by atoms with Gasteiger partial charge in [0.05, 0.1) is 6.42 Å². The minimum atomic E-state index is -0.741. The third kappa shape index (κ3) is 4.67. The van der Waals surface area contributed by atoms with Crippen LogP contribution in [0.4, 0.5) is 0 Å². The highest BCUT2D eigenvalue weighted by Crippen LogP contribution is 2.23. The summed E-state index contributed by atoms with van der Waals surface area (Å²) in [4.78, 5) is 11.1. The van der Waals surface area contributed by atoms with Gasteiger partial charge in [-0.05, 0) is 18.4 Å². The summed E-state index contributed by atoms with van der Waals surface area (Å²) in [6.45, 7) is 0. The van der Waals surface area contributed by atoms with Gasteiger partial charge in [-0.15, -0.1) is 0 Å². The zero-order valence-corrected chi connectivity index (χ0v) is 11.3. The smallest absolute Gasteiger partial charge is 0.305 e. The highest BCUT2D eigenvalue weighted by atomic mass is 16.4. The molecule has 1 aliphatic rings. The fourth-order valence-electron chi connectivity index (χ4n) is 2.86. The van der Waals surface area contributed by atoms with Crippen molar-refractivity contribution in [1.29, 1.82) is 0 Å². The summed E-state index contributed by atoms with van der Waals surface area (Å²) < 4.78 is 0. The fourth-order valence-corrected chi connectivity index (χ4v) is 2.86. The molecule has 0 amide bonds. The van der Waals surface area contributed by atoms with E-state index >= 15 is 0 Å². The molecule has 3 heteroatoms. The van der Waals surface area contributed by atoms with Crippen LogP contribution >= 0.6 is 0 Å². The van der Waals surface area contributed by atoms with Crippen LogP contribution in [-0.2, 0) is 4.79 Å². The molecule has 0 heterocycles. The van der Waals surface area contributed by atoms with E-state index in [0.29, 0.717) is 6.04 Å². The number of hydrogen-bond acceptors (Lipinski definition) is 2. The van der Waals surface area contributed by atoms with Gasteiger partial charge in [0.15, 0.2) is 0 Å². The molecule has 2 rings (SSSR count). The number of hydrogen-bond donors (Lipinski definition) is 2. The van der Waals surface area contributed by atoms with Crippen LogP contribution in [0.25, 0.3) is 0 Å². The van der Waals surface area contributed by atoms with Crippen molar-refractivity contribution in [3.05, 3.63) is 35.9 Å². The second-order valence-corrected chi connectivity index (χ2v) is 5.42. The Hall–Kier alpha value is -1.35. The Kier molecular flexibility index (Phi) is 5.40. The summed E-state index contributed by atoms with van der Waals surface area (Å²) in [5.41, 5.74) is 1.08. The summed E-state index contributed by atoms with van der Waals surface area (Å²) in [5, 5.41) is 12.7. The Morgan fingerprint density at radius 2 is 1.79 bits per heavy atom. The first kappa shape index (κ1) is 14.1. The lowest BCUT2D eigenvalue weighted by Gasteiger charge is -2.24. The molecule has 0 bridgehead atoms. The maximum atomic E-state index is 11.1. The Morgan fingerprint density at radius 1 is 1.16 bits per heavy atom. The average molecular weight is 261 g/mol. The number of carbonyl (C=O) groups is 1. The summed E-state index contributed by atoms with van der Waals surface area (Å²) in [7, 11) is 0. The first-order valence-corrected chi connectivity index (χ1v) is 7.28. The Bertz CT molecular complexity index is 383. The Labute approximate surface area is 115 Å². The topological polar surface area (TPSA) is 49.3 Å². The van der Waals surface area contributed by atoms with Crippen molar-refractivity contribution in [3.63, 3.8) is 0 Å².